The molecule has 2 fully saturated rings. The summed E-state index contributed by atoms with van der Waals surface area (Å²) >= 11 is 0. The SMILES string of the molecule is C=C(CNC(=O)CC1CCC(C)(P)CC1)N1CCN(Cc2cc(C)c(C)cc2C)CC1. The van der Waals surface area contributed by atoms with E-state index in [0.29, 0.717) is 24.0 Å². The Morgan fingerprint density at radius 2 is 1.71 bits per heavy atom. The van der Waals surface area contributed by atoms with Crippen LogP contribution in [-0.2, 0) is 11.3 Å². The van der Waals surface area contributed by atoms with E-state index in [0.717, 1.165) is 51.3 Å². The quantitative estimate of drug-likeness (QED) is 0.627. The van der Waals surface area contributed by atoms with Crippen molar-refractivity contribution < 1.29 is 4.79 Å². The minimum absolute atomic E-state index is 0.183. The van der Waals surface area contributed by atoms with Gasteiger partial charge in [0.25, 0.3) is 0 Å². The molecule has 3 rings (SSSR count). The second kappa shape index (κ2) is 10.5. The van der Waals surface area contributed by atoms with Crippen molar-refractivity contribution in [3.63, 3.8) is 0 Å². The van der Waals surface area contributed by atoms with E-state index < -0.39 is 0 Å². The van der Waals surface area contributed by atoms with Crippen LogP contribution in [0.2, 0.25) is 0 Å². The van der Waals surface area contributed by atoms with Crippen molar-refractivity contribution in [2.75, 3.05) is 32.7 Å². The lowest BCUT2D eigenvalue weighted by Crippen LogP contribution is -2.46. The first kappa shape index (κ1) is 24.3. The Kier molecular flexibility index (Phi) is 8.21. The van der Waals surface area contributed by atoms with Gasteiger partial charge in [-0.2, -0.15) is 0 Å². The van der Waals surface area contributed by atoms with Crippen LogP contribution in [0.4, 0.5) is 0 Å². The van der Waals surface area contributed by atoms with E-state index in [-0.39, 0.29) is 5.91 Å². The van der Waals surface area contributed by atoms with Gasteiger partial charge in [0, 0.05) is 44.8 Å². The Bertz CT molecular complexity index is 786. The number of hydrogen-bond donors (Lipinski definition) is 1. The molecule has 31 heavy (non-hydrogen) atoms. The molecule has 1 aromatic carbocycles. The molecule has 0 bridgehead atoms. The summed E-state index contributed by atoms with van der Waals surface area (Å²) in [5.74, 6) is 0.724. The summed E-state index contributed by atoms with van der Waals surface area (Å²) < 4.78 is 0. The lowest BCUT2D eigenvalue weighted by Gasteiger charge is -2.37. The van der Waals surface area contributed by atoms with Crippen LogP contribution in [0.15, 0.2) is 24.4 Å². The monoisotopic (exact) mass is 443 g/mol. The molecule has 1 saturated heterocycles. The zero-order valence-electron chi connectivity index (χ0n) is 20.1. The van der Waals surface area contributed by atoms with Gasteiger partial charge in [0.05, 0.1) is 6.54 Å². The van der Waals surface area contributed by atoms with Crippen molar-refractivity contribution in [2.24, 2.45) is 5.92 Å². The smallest absolute Gasteiger partial charge is 0.220 e. The topological polar surface area (TPSA) is 35.6 Å². The summed E-state index contributed by atoms with van der Waals surface area (Å²) in [7, 11) is 2.99. The number of carbonyl (C=O) groups excluding carboxylic acids is 1. The van der Waals surface area contributed by atoms with Gasteiger partial charge in [-0.15, -0.1) is 9.24 Å². The molecule has 1 N–H and O–H groups in total. The number of nitrogens with one attached hydrogen (secondary N) is 1. The summed E-state index contributed by atoms with van der Waals surface area (Å²) in [6, 6.07) is 4.65. The Labute approximate surface area is 192 Å². The van der Waals surface area contributed by atoms with E-state index in [1.807, 2.05) is 0 Å². The molecule has 1 aliphatic carbocycles. The third kappa shape index (κ3) is 7.05. The predicted octanol–water partition coefficient (Wildman–Crippen LogP) is 4.57. The van der Waals surface area contributed by atoms with Crippen LogP contribution in [-0.4, -0.2) is 53.6 Å². The highest BCUT2D eigenvalue weighted by Gasteiger charge is 2.28. The Morgan fingerprint density at radius 1 is 1.10 bits per heavy atom. The van der Waals surface area contributed by atoms with Gasteiger partial charge in [0.2, 0.25) is 5.91 Å². The minimum atomic E-state index is 0.183. The summed E-state index contributed by atoms with van der Waals surface area (Å²) in [5, 5.41) is 3.49. The van der Waals surface area contributed by atoms with Crippen molar-refractivity contribution in [2.45, 2.75) is 71.5 Å². The van der Waals surface area contributed by atoms with Gasteiger partial charge in [0.1, 0.15) is 0 Å². The zero-order chi connectivity index (χ0) is 22.6. The summed E-state index contributed by atoms with van der Waals surface area (Å²) in [4.78, 5) is 17.3. The Hall–Kier alpha value is -1.38. The third-order valence-electron chi connectivity index (χ3n) is 7.38. The van der Waals surface area contributed by atoms with Crippen molar-refractivity contribution in [3.05, 3.63) is 46.7 Å². The van der Waals surface area contributed by atoms with Crippen LogP contribution < -0.4 is 5.32 Å². The van der Waals surface area contributed by atoms with Gasteiger partial charge in [-0.25, -0.2) is 0 Å². The summed E-state index contributed by atoms with van der Waals surface area (Å²) in [6.45, 7) is 18.8. The van der Waals surface area contributed by atoms with E-state index >= 15 is 0 Å². The highest BCUT2D eigenvalue weighted by atomic mass is 31.0. The fraction of sp³-hybridized carbons (Fsp3) is 0.654. The standard InChI is InChI=1S/C26H42N3OP/c1-19-14-21(3)24(15-20(19)2)18-28-10-12-29(13-11-28)22(4)17-27-25(30)16-23-6-8-26(5,31)9-7-23/h14-15,23H,4,6-13,16-18,31H2,1-3,5H3,(H,27,30). The first-order chi connectivity index (χ1) is 14.6. The molecule has 2 aliphatic rings. The largest absolute Gasteiger partial charge is 0.371 e. The van der Waals surface area contributed by atoms with E-state index in [9.17, 15) is 4.79 Å². The average Bonchev–Trinajstić information content (AvgIpc) is 2.72. The number of carbonyl (C=O) groups is 1. The third-order valence-corrected chi connectivity index (χ3v) is 7.95. The number of amides is 1. The number of aryl methyl sites for hydroxylation is 3. The summed E-state index contributed by atoms with van der Waals surface area (Å²) in [5.41, 5.74) is 6.61. The lowest BCUT2D eigenvalue weighted by molar-refractivity contribution is -0.122. The predicted molar refractivity (Wildman–Crippen MR) is 134 cm³/mol. The van der Waals surface area contributed by atoms with Crippen molar-refractivity contribution in [3.8, 4) is 0 Å². The molecule has 172 valence electrons. The Balaban J connectivity index is 1.37. The lowest BCUT2D eigenvalue weighted by atomic mass is 9.80. The van der Waals surface area contributed by atoms with Crippen LogP contribution in [0.1, 0.15) is 61.3 Å². The van der Waals surface area contributed by atoms with E-state index in [1.165, 1.54) is 35.1 Å². The molecule has 1 amide bonds. The molecular formula is C26H42N3OP. The van der Waals surface area contributed by atoms with Crippen LogP contribution >= 0.6 is 9.24 Å². The van der Waals surface area contributed by atoms with Crippen molar-refractivity contribution >= 4 is 15.1 Å². The van der Waals surface area contributed by atoms with Crippen LogP contribution in [0.5, 0.6) is 0 Å². The molecule has 1 aromatic rings. The molecule has 1 atom stereocenters. The van der Waals surface area contributed by atoms with Crippen molar-refractivity contribution in [1.82, 2.24) is 15.1 Å². The van der Waals surface area contributed by atoms with Gasteiger partial charge in [-0.05, 0) is 79.8 Å². The maximum absolute atomic E-state index is 12.4. The Morgan fingerprint density at radius 3 is 2.35 bits per heavy atom. The van der Waals surface area contributed by atoms with E-state index in [2.05, 4.69) is 70.8 Å². The molecule has 5 heteroatoms. The molecule has 0 spiro atoms. The number of nitrogens with zero attached hydrogens (tertiary/aromatic N) is 2. The number of hydrogen-bond acceptors (Lipinski definition) is 3. The zero-order valence-corrected chi connectivity index (χ0v) is 21.3. The van der Waals surface area contributed by atoms with E-state index in [1.54, 1.807) is 0 Å². The van der Waals surface area contributed by atoms with Gasteiger partial charge >= 0.3 is 0 Å². The van der Waals surface area contributed by atoms with E-state index in [4.69, 9.17) is 0 Å². The molecule has 0 aromatic heterocycles. The van der Waals surface area contributed by atoms with Gasteiger partial charge in [-0.3, -0.25) is 9.69 Å². The molecule has 0 radical (unpaired) electrons. The highest BCUT2D eigenvalue weighted by Crippen LogP contribution is 2.39. The van der Waals surface area contributed by atoms with Crippen LogP contribution in [0, 0.1) is 26.7 Å². The maximum atomic E-state index is 12.4. The second-order valence-corrected chi connectivity index (χ2v) is 11.7. The van der Waals surface area contributed by atoms with Gasteiger partial charge in [-0.1, -0.05) is 25.6 Å². The second-order valence-electron chi connectivity index (χ2n) is 10.3. The minimum Gasteiger partial charge on any atom is -0.371 e. The van der Waals surface area contributed by atoms with Crippen molar-refractivity contribution in [1.29, 1.82) is 0 Å². The molecule has 1 heterocycles. The first-order valence-electron chi connectivity index (χ1n) is 11.9. The van der Waals surface area contributed by atoms with Crippen LogP contribution in [0.25, 0.3) is 0 Å². The average molecular weight is 444 g/mol. The first-order valence-corrected chi connectivity index (χ1v) is 12.5. The van der Waals surface area contributed by atoms with Crippen LogP contribution in [0.3, 0.4) is 0 Å². The number of benzene rings is 1. The molecule has 4 nitrogen and oxygen atoms in total. The summed E-state index contributed by atoms with van der Waals surface area (Å²) in [6.07, 6.45) is 5.40. The fourth-order valence-corrected chi connectivity index (χ4v) is 5.18. The molecule has 1 saturated carbocycles. The number of rotatable bonds is 7. The van der Waals surface area contributed by atoms with Gasteiger partial charge in [0.15, 0.2) is 0 Å². The maximum Gasteiger partial charge on any atom is 0.220 e. The highest BCUT2D eigenvalue weighted by molar-refractivity contribution is 7.18. The van der Waals surface area contributed by atoms with Gasteiger partial charge < -0.3 is 10.2 Å². The number of piperazine rings is 1. The molecule has 1 unspecified atom stereocenters. The molecular weight excluding hydrogens is 401 g/mol. The fourth-order valence-electron chi connectivity index (χ4n) is 4.84. The normalized spacial score (nSPS) is 24.8. The molecule has 1 aliphatic heterocycles.